The summed E-state index contributed by atoms with van der Waals surface area (Å²) >= 11 is 0.887. The van der Waals surface area contributed by atoms with Gasteiger partial charge in [-0.25, -0.2) is 4.98 Å². The Morgan fingerprint density at radius 3 is 2.61 bits per heavy atom. The fourth-order valence-corrected chi connectivity index (χ4v) is 3.34. The number of nitrogens with zero attached hydrogens (tertiary/aromatic N) is 3. The Morgan fingerprint density at radius 1 is 1.25 bits per heavy atom. The molecule has 28 heavy (non-hydrogen) atoms. The van der Waals surface area contributed by atoms with Crippen LogP contribution in [0.3, 0.4) is 0 Å². The number of ether oxygens (including phenoxy) is 2. The number of carbonyl (C=O) groups is 2. The summed E-state index contributed by atoms with van der Waals surface area (Å²) < 4.78 is 10.9. The highest BCUT2D eigenvalue weighted by Crippen LogP contribution is 2.35. The third kappa shape index (κ3) is 3.96. The van der Waals surface area contributed by atoms with E-state index in [-0.39, 0.29) is 22.7 Å². The molecule has 1 aromatic carbocycles. The fourth-order valence-electron chi connectivity index (χ4n) is 2.44. The van der Waals surface area contributed by atoms with Gasteiger partial charge in [0.15, 0.2) is 11.5 Å². The van der Waals surface area contributed by atoms with E-state index < -0.39 is 4.92 Å². The van der Waals surface area contributed by atoms with Gasteiger partial charge in [0.25, 0.3) is 16.8 Å². The fraction of sp³-hybridized carbons (Fsp3) is 0.167. The standard InChI is InChI=1S/C18H15N3O6S/c1-3-20-17(22)15(28-18(20)23)9-11-4-6-13(14(8-11)26-2)27-16-7-5-12(10-19-16)21(24)25/h4-10H,3H2,1-2H3/b15-9-. The van der Waals surface area contributed by atoms with Crippen molar-refractivity contribution in [2.45, 2.75) is 6.92 Å². The van der Waals surface area contributed by atoms with Crippen LogP contribution < -0.4 is 9.47 Å². The summed E-state index contributed by atoms with van der Waals surface area (Å²) in [6, 6.07) is 7.64. The predicted octanol–water partition coefficient (Wildman–Crippen LogP) is 3.85. The van der Waals surface area contributed by atoms with Crippen LogP contribution in [0.5, 0.6) is 17.4 Å². The van der Waals surface area contributed by atoms with Gasteiger partial charge in [-0.3, -0.25) is 24.6 Å². The third-order valence-corrected chi connectivity index (χ3v) is 4.73. The number of imide groups is 1. The second-order valence-corrected chi connectivity index (χ2v) is 6.54. The molecular formula is C18H15N3O6S. The second kappa shape index (κ2) is 8.09. The van der Waals surface area contributed by atoms with Gasteiger partial charge in [-0.2, -0.15) is 0 Å². The normalized spacial score (nSPS) is 15.2. The number of benzene rings is 1. The van der Waals surface area contributed by atoms with Gasteiger partial charge in [0.1, 0.15) is 6.20 Å². The smallest absolute Gasteiger partial charge is 0.293 e. The molecule has 10 heteroatoms. The first-order valence-corrected chi connectivity index (χ1v) is 8.96. The van der Waals surface area contributed by atoms with E-state index in [1.165, 1.54) is 24.1 Å². The topological polar surface area (TPSA) is 112 Å². The molecule has 0 spiro atoms. The molecule has 0 radical (unpaired) electrons. The highest BCUT2D eigenvalue weighted by atomic mass is 32.2. The first kappa shape index (κ1) is 19.4. The zero-order chi connectivity index (χ0) is 20.3. The molecule has 0 saturated carbocycles. The Bertz CT molecular complexity index is 974. The number of pyridine rings is 1. The van der Waals surface area contributed by atoms with Gasteiger partial charge < -0.3 is 9.47 Å². The highest BCUT2D eigenvalue weighted by molar-refractivity contribution is 8.18. The van der Waals surface area contributed by atoms with Crippen molar-refractivity contribution in [3.05, 3.63) is 57.1 Å². The van der Waals surface area contributed by atoms with Crippen LogP contribution >= 0.6 is 11.8 Å². The van der Waals surface area contributed by atoms with Gasteiger partial charge in [0.05, 0.1) is 16.9 Å². The molecule has 0 aliphatic carbocycles. The Morgan fingerprint density at radius 2 is 2.04 bits per heavy atom. The van der Waals surface area contributed by atoms with Crippen molar-refractivity contribution in [1.82, 2.24) is 9.88 Å². The summed E-state index contributed by atoms with van der Waals surface area (Å²) in [7, 11) is 1.46. The number of thioether (sulfide) groups is 1. The quantitative estimate of drug-likeness (QED) is 0.408. The minimum atomic E-state index is -0.549. The zero-order valence-electron chi connectivity index (χ0n) is 14.9. The van der Waals surface area contributed by atoms with Gasteiger partial charge in [0, 0.05) is 18.7 Å². The average molecular weight is 401 g/mol. The number of hydrogen-bond acceptors (Lipinski definition) is 8. The van der Waals surface area contributed by atoms with Crippen LogP contribution in [0, 0.1) is 10.1 Å². The minimum Gasteiger partial charge on any atom is -0.493 e. The zero-order valence-corrected chi connectivity index (χ0v) is 15.8. The van der Waals surface area contributed by atoms with Crippen LogP contribution in [0.4, 0.5) is 10.5 Å². The van der Waals surface area contributed by atoms with Gasteiger partial charge >= 0.3 is 0 Å². The predicted molar refractivity (Wildman–Crippen MR) is 102 cm³/mol. The lowest BCUT2D eigenvalue weighted by atomic mass is 10.2. The van der Waals surface area contributed by atoms with Crippen molar-refractivity contribution >= 4 is 34.7 Å². The Kier molecular flexibility index (Phi) is 5.59. The summed E-state index contributed by atoms with van der Waals surface area (Å²) in [5.41, 5.74) is 0.512. The van der Waals surface area contributed by atoms with E-state index >= 15 is 0 Å². The summed E-state index contributed by atoms with van der Waals surface area (Å²) in [5, 5.41) is 10.4. The van der Waals surface area contributed by atoms with Gasteiger partial charge in [-0.05, 0) is 42.5 Å². The molecule has 0 bridgehead atoms. The SMILES string of the molecule is CCN1C(=O)S/C(=C\c2ccc(Oc3ccc([N+](=O)[O-])cn3)c(OC)c2)C1=O. The molecule has 1 saturated heterocycles. The Hall–Kier alpha value is -3.40. The maximum atomic E-state index is 12.2. The molecule has 1 aliphatic rings. The minimum absolute atomic E-state index is 0.143. The summed E-state index contributed by atoms with van der Waals surface area (Å²) in [6.45, 7) is 2.06. The van der Waals surface area contributed by atoms with E-state index in [1.807, 2.05) is 0 Å². The van der Waals surface area contributed by atoms with Crippen LogP contribution in [-0.2, 0) is 4.79 Å². The molecule has 2 aromatic rings. The average Bonchev–Trinajstić information content (AvgIpc) is 2.95. The van der Waals surface area contributed by atoms with E-state index in [2.05, 4.69) is 4.98 Å². The lowest BCUT2D eigenvalue weighted by molar-refractivity contribution is -0.385. The molecule has 1 fully saturated rings. The number of likely N-dealkylation sites (N-methyl/N-ethyl adjacent to an activating group) is 1. The van der Waals surface area contributed by atoms with Crippen molar-refractivity contribution in [3.63, 3.8) is 0 Å². The number of rotatable bonds is 6. The molecule has 2 amide bonds. The van der Waals surface area contributed by atoms with Crippen molar-refractivity contribution in [3.8, 4) is 17.4 Å². The van der Waals surface area contributed by atoms with Crippen molar-refractivity contribution in [2.75, 3.05) is 13.7 Å². The van der Waals surface area contributed by atoms with Crippen LogP contribution in [0.25, 0.3) is 6.08 Å². The molecule has 9 nitrogen and oxygen atoms in total. The summed E-state index contributed by atoms with van der Waals surface area (Å²) in [4.78, 5) is 39.5. The van der Waals surface area contributed by atoms with E-state index in [9.17, 15) is 19.7 Å². The first-order chi connectivity index (χ1) is 13.4. The number of carbonyl (C=O) groups excluding carboxylic acids is 2. The lowest BCUT2D eigenvalue weighted by Crippen LogP contribution is -2.27. The van der Waals surface area contributed by atoms with E-state index in [1.54, 1.807) is 31.2 Å². The van der Waals surface area contributed by atoms with Crippen LogP contribution in [0.15, 0.2) is 41.4 Å². The molecule has 3 rings (SSSR count). The maximum Gasteiger partial charge on any atom is 0.293 e. The van der Waals surface area contributed by atoms with Crippen LogP contribution in [0.2, 0.25) is 0 Å². The second-order valence-electron chi connectivity index (χ2n) is 5.55. The number of aromatic nitrogens is 1. The molecule has 0 unspecified atom stereocenters. The molecule has 1 aliphatic heterocycles. The van der Waals surface area contributed by atoms with Crippen molar-refractivity contribution in [2.24, 2.45) is 0 Å². The van der Waals surface area contributed by atoms with E-state index in [0.717, 1.165) is 18.0 Å². The van der Waals surface area contributed by atoms with Gasteiger partial charge in [-0.1, -0.05) is 6.07 Å². The van der Waals surface area contributed by atoms with E-state index in [4.69, 9.17) is 9.47 Å². The number of nitro groups is 1. The summed E-state index contributed by atoms with van der Waals surface area (Å²) in [5.74, 6) is 0.568. The number of amides is 2. The summed E-state index contributed by atoms with van der Waals surface area (Å²) in [6.07, 6.45) is 2.71. The first-order valence-electron chi connectivity index (χ1n) is 8.14. The Balaban J connectivity index is 1.83. The molecule has 1 aromatic heterocycles. The Labute approximate surface area is 164 Å². The van der Waals surface area contributed by atoms with Crippen molar-refractivity contribution in [1.29, 1.82) is 0 Å². The largest absolute Gasteiger partial charge is 0.493 e. The third-order valence-electron chi connectivity index (χ3n) is 3.82. The molecule has 0 N–H and O–H groups in total. The number of hydrogen-bond donors (Lipinski definition) is 0. The monoisotopic (exact) mass is 401 g/mol. The van der Waals surface area contributed by atoms with Crippen molar-refractivity contribution < 1.29 is 24.0 Å². The van der Waals surface area contributed by atoms with E-state index in [0.29, 0.717) is 28.5 Å². The molecule has 0 atom stereocenters. The van der Waals surface area contributed by atoms with Gasteiger partial charge in [-0.15, -0.1) is 0 Å². The molecular weight excluding hydrogens is 386 g/mol. The molecule has 2 heterocycles. The lowest BCUT2D eigenvalue weighted by Gasteiger charge is -2.10. The highest BCUT2D eigenvalue weighted by Gasteiger charge is 2.33. The van der Waals surface area contributed by atoms with Crippen LogP contribution in [0.1, 0.15) is 12.5 Å². The molecule has 144 valence electrons. The number of methoxy groups -OCH3 is 1. The maximum absolute atomic E-state index is 12.2. The van der Waals surface area contributed by atoms with Crippen LogP contribution in [-0.4, -0.2) is 39.6 Å². The van der Waals surface area contributed by atoms with Gasteiger partial charge in [0.2, 0.25) is 5.88 Å².